The molecule has 94 valence electrons. The van der Waals surface area contributed by atoms with Gasteiger partial charge in [-0.15, -0.1) is 0 Å². The van der Waals surface area contributed by atoms with E-state index in [1.54, 1.807) is 0 Å². The molecule has 0 radical (unpaired) electrons. The van der Waals surface area contributed by atoms with E-state index in [-0.39, 0.29) is 12.7 Å². The molecule has 0 bridgehead atoms. The molecule has 1 atom stereocenters. The van der Waals surface area contributed by atoms with E-state index in [2.05, 4.69) is 29.2 Å². The number of rotatable bonds is 4. The number of hydrogen-bond acceptors (Lipinski definition) is 4. The Morgan fingerprint density at radius 2 is 2.00 bits per heavy atom. The number of hydrogen-bond donors (Lipinski definition) is 2. The molecule has 1 heterocycles. The summed E-state index contributed by atoms with van der Waals surface area (Å²) in [6.45, 7) is 4.02. The zero-order valence-corrected chi connectivity index (χ0v) is 10.0. The second-order valence-corrected chi connectivity index (χ2v) is 4.43. The van der Waals surface area contributed by atoms with Gasteiger partial charge in [0.05, 0.1) is 19.3 Å². The lowest BCUT2D eigenvalue weighted by Gasteiger charge is -2.32. The third kappa shape index (κ3) is 3.51. The lowest BCUT2D eigenvalue weighted by molar-refractivity contribution is -0.0551. The van der Waals surface area contributed by atoms with E-state index in [1.807, 2.05) is 0 Å². The quantitative estimate of drug-likeness (QED) is 0.791. The van der Waals surface area contributed by atoms with Crippen LogP contribution in [0.15, 0.2) is 24.3 Å². The van der Waals surface area contributed by atoms with Crippen LogP contribution in [0.5, 0.6) is 0 Å². The minimum absolute atomic E-state index is 0.0351. The molecule has 4 heteroatoms. The zero-order chi connectivity index (χ0) is 12.1. The number of nitrogens with two attached hydrogens (primary N) is 1. The molecule has 1 aliphatic heterocycles. The summed E-state index contributed by atoms with van der Waals surface area (Å²) in [5.41, 5.74) is 8.00. The van der Waals surface area contributed by atoms with Crippen molar-refractivity contribution in [1.29, 1.82) is 0 Å². The zero-order valence-electron chi connectivity index (χ0n) is 10.0. The summed E-state index contributed by atoms with van der Waals surface area (Å²) in [6.07, 6.45) is -0.0351. The average Bonchev–Trinajstić information content (AvgIpc) is 2.40. The normalized spacial score (nSPS) is 21.6. The molecule has 1 aromatic rings. The number of benzene rings is 1. The second-order valence-electron chi connectivity index (χ2n) is 4.43. The fourth-order valence-electron chi connectivity index (χ4n) is 2.07. The molecule has 0 amide bonds. The highest BCUT2D eigenvalue weighted by molar-refractivity contribution is 5.22. The van der Waals surface area contributed by atoms with Crippen molar-refractivity contribution in [2.75, 3.05) is 26.3 Å². The van der Waals surface area contributed by atoms with Gasteiger partial charge in [-0.05, 0) is 11.1 Å². The van der Waals surface area contributed by atoms with Crippen LogP contribution in [0.1, 0.15) is 11.1 Å². The maximum absolute atomic E-state index is 9.08. The van der Waals surface area contributed by atoms with E-state index in [4.69, 9.17) is 15.6 Å². The first-order chi connectivity index (χ1) is 8.31. The van der Waals surface area contributed by atoms with Gasteiger partial charge in [0, 0.05) is 26.2 Å². The van der Waals surface area contributed by atoms with Gasteiger partial charge in [0.1, 0.15) is 0 Å². The molecule has 2 rings (SSSR count). The summed E-state index contributed by atoms with van der Waals surface area (Å²) >= 11 is 0. The fourth-order valence-corrected chi connectivity index (χ4v) is 2.07. The topological polar surface area (TPSA) is 58.7 Å². The highest BCUT2D eigenvalue weighted by Gasteiger charge is 2.19. The molecule has 0 saturated carbocycles. The van der Waals surface area contributed by atoms with Crippen molar-refractivity contribution < 1.29 is 9.84 Å². The summed E-state index contributed by atoms with van der Waals surface area (Å²) in [4.78, 5) is 2.31. The predicted molar refractivity (Wildman–Crippen MR) is 66.4 cm³/mol. The minimum Gasteiger partial charge on any atom is -0.394 e. The van der Waals surface area contributed by atoms with E-state index in [0.717, 1.165) is 25.2 Å². The third-order valence-corrected chi connectivity index (χ3v) is 3.09. The second kappa shape index (κ2) is 6.12. The Kier molecular flexibility index (Phi) is 4.50. The summed E-state index contributed by atoms with van der Waals surface area (Å²) in [5.74, 6) is 0. The Balaban J connectivity index is 1.90. The monoisotopic (exact) mass is 236 g/mol. The van der Waals surface area contributed by atoms with Crippen LogP contribution in [0.2, 0.25) is 0 Å². The first-order valence-corrected chi connectivity index (χ1v) is 6.04. The Morgan fingerprint density at radius 3 is 2.65 bits per heavy atom. The standard InChI is InChI=1S/C13H20N2O2/c14-7-11-1-3-12(4-2-11)8-15-5-6-17-13(9-15)10-16/h1-4,13,16H,5-10,14H2. The highest BCUT2D eigenvalue weighted by Crippen LogP contribution is 2.11. The molecule has 4 nitrogen and oxygen atoms in total. The summed E-state index contributed by atoms with van der Waals surface area (Å²) in [7, 11) is 0. The lowest BCUT2D eigenvalue weighted by Crippen LogP contribution is -2.43. The maximum atomic E-state index is 9.08. The number of aliphatic hydroxyl groups is 1. The molecule has 17 heavy (non-hydrogen) atoms. The van der Waals surface area contributed by atoms with Gasteiger partial charge in [0.25, 0.3) is 0 Å². The number of ether oxygens (including phenoxy) is 1. The first-order valence-electron chi connectivity index (χ1n) is 6.04. The summed E-state index contributed by atoms with van der Waals surface area (Å²) < 4.78 is 5.42. The van der Waals surface area contributed by atoms with Crippen molar-refractivity contribution in [3.8, 4) is 0 Å². The van der Waals surface area contributed by atoms with Crippen LogP contribution in [0.3, 0.4) is 0 Å². The predicted octanol–water partition coefficient (Wildman–Crippen LogP) is 0.338. The van der Waals surface area contributed by atoms with Crippen molar-refractivity contribution in [3.63, 3.8) is 0 Å². The van der Waals surface area contributed by atoms with Crippen molar-refractivity contribution in [1.82, 2.24) is 4.90 Å². The molecule has 1 fully saturated rings. The highest BCUT2D eigenvalue weighted by atomic mass is 16.5. The van der Waals surface area contributed by atoms with Crippen LogP contribution in [-0.2, 0) is 17.8 Å². The van der Waals surface area contributed by atoms with Crippen LogP contribution in [-0.4, -0.2) is 42.4 Å². The van der Waals surface area contributed by atoms with E-state index < -0.39 is 0 Å². The van der Waals surface area contributed by atoms with Crippen molar-refractivity contribution in [2.24, 2.45) is 5.73 Å². The lowest BCUT2D eigenvalue weighted by atomic mass is 10.1. The number of morpholine rings is 1. The molecule has 3 N–H and O–H groups in total. The van der Waals surface area contributed by atoms with E-state index in [9.17, 15) is 0 Å². The molecule has 1 saturated heterocycles. The smallest absolute Gasteiger partial charge is 0.0933 e. The summed E-state index contributed by atoms with van der Waals surface area (Å²) in [6, 6.07) is 8.37. The molecule has 0 aromatic heterocycles. The Morgan fingerprint density at radius 1 is 1.29 bits per heavy atom. The van der Waals surface area contributed by atoms with Crippen LogP contribution in [0, 0.1) is 0 Å². The van der Waals surface area contributed by atoms with Gasteiger partial charge >= 0.3 is 0 Å². The van der Waals surface area contributed by atoms with Gasteiger partial charge in [-0.3, -0.25) is 4.90 Å². The molecule has 0 spiro atoms. The number of nitrogens with zero attached hydrogens (tertiary/aromatic N) is 1. The van der Waals surface area contributed by atoms with Crippen LogP contribution in [0.4, 0.5) is 0 Å². The first kappa shape index (κ1) is 12.5. The average molecular weight is 236 g/mol. The van der Waals surface area contributed by atoms with E-state index >= 15 is 0 Å². The SMILES string of the molecule is NCc1ccc(CN2CCOC(CO)C2)cc1. The van der Waals surface area contributed by atoms with Crippen molar-refractivity contribution >= 4 is 0 Å². The molecule has 1 aromatic carbocycles. The molecule has 1 unspecified atom stereocenters. The van der Waals surface area contributed by atoms with Crippen molar-refractivity contribution in [2.45, 2.75) is 19.2 Å². The maximum Gasteiger partial charge on any atom is 0.0933 e. The fraction of sp³-hybridized carbons (Fsp3) is 0.538. The molecule has 0 aliphatic carbocycles. The number of aliphatic hydroxyl groups excluding tert-OH is 1. The van der Waals surface area contributed by atoms with E-state index in [1.165, 1.54) is 5.56 Å². The minimum atomic E-state index is -0.0351. The van der Waals surface area contributed by atoms with Gasteiger partial charge < -0.3 is 15.6 Å². The van der Waals surface area contributed by atoms with Gasteiger partial charge in [0.2, 0.25) is 0 Å². The van der Waals surface area contributed by atoms with Crippen LogP contribution >= 0.6 is 0 Å². The Bertz CT molecular complexity index is 340. The largest absolute Gasteiger partial charge is 0.394 e. The Hall–Kier alpha value is -0.940. The van der Waals surface area contributed by atoms with Crippen molar-refractivity contribution in [3.05, 3.63) is 35.4 Å². The molecular formula is C13H20N2O2. The summed E-state index contributed by atoms with van der Waals surface area (Å²) in [5, 5.41) is 9.08. The van der Waals surface area contributed by atoms with Gasteiger partial charge in [-0.2, -0.15) is 0 Å². The third-order valence-electron chi connectivity index (χ3n) is 3.09. The Labute approximate surface area is 102 Å². The van der Waals surface area contributed by atoms with Gasteiger partial charge in [-0.25, -0.2) is 0 Å². The van der Waals surface area contributed by atoms with Crippen LogP contribution < -0.4 is 5.73 Å². The van der Waals surface area contributed by atoms with E-state index in [0.29, 0.717) is 13.2 Å². The molecule has 1 aliphatic rings. The molecular weight excluding hydrogens is 216 g/mol. The van der Waals surface area contributed by atoms with Crippen LogP contribution in [0.25, 0.3) is 0 Å². The van der Waals surface area contributed by atoms with Gasteiger partial charge in [0.15, 0.2) is 0 Å². The van der Waals surface area contributed by atoms with Gasteiger partial charge in [-0.1, -0.05) is 24.3 Å².